The minimum absolute atomic E-state index is 0.156. The van der Waals surface area contributed by atoms with E-state index in [4.69, 9.17) is 4.43 Å². The third kappa shape index (κ3) is 6.20. The lowest BCUT2D eigenvalue weighted by atomic mass is 9.78. The molecule has 1 rings (SSSR count). The average molecular weight is 339 g/mol. The van der Waals surface area contributed by atoms with E-state index in [2.05, 4.69) is 58.6 Å². The maximum atomic E-state index is 10.6. The highest BCUT2D eigenvalue weighted by Gasteiger charge is 2.50. The third-order valence-corrected chi connectivity index (χ3v) is 5.94. The highest BCUT2D eigenvalue weighted by molar-refractivity contribution is 6.69. The Hall–Kier alpha value is -0.383. The van der Waals surface area contributed by atoms with Gasteiger partial charge in [-0.15, -0.1) is 0 Å². The van der Waals surface area contributed by atoms with Gasteiger partial charge in [-0.25, -0.2) is 0 Å². The Bertz CT molecular complexity index is 440. The van der Waals surface area contributed by atoms with Crippen molar-refractivity contribution in [2.24, 2.45) is 11.8 Å². The minimum atomic E-state index is -1.63. The summed E-state index contributed by atoms with van der Waals surface area (Å²) >= 11 is 0. The molecule has 0 heterocycles. The maximum absolute atomic E-state index is 10.6. The Balaban J connectivity index is 3.06. The number of aliphatic hydroxyl groups is 1. The second kappa shape index (κ2) is 7.67. The number of allylic oxidation sites excluding steroid dienone is 3. The van der Waals surface area contributed by atoms with Crippen molar-refractivity contribution in [2.75, 3.05) is 0 Å². The molecule has 0 bridgehead atoms. The van der Waals surface area contributed by atoms with Gasteiger partial charge >= 0.3 is 0 Å². The van der Waals surface area contributed by atoms with Crippen LogP contribution in [0.4, 0.5) is 0 Å². The molecule has 1 saturated carbocycles. The van der Waals surface area contributed by atoms with Gasteiger partial charge < -0.3 is 9.53 Å². The Morgan fingerprint density at radius 3 is 2.43 bits per heavy atom. The Kier molecular flexibility index (Phi) is 6.89. The van der Waals surface area contributed by atoms with Crippen molar-refractivity contribution >= 4 is 8.32 Å². The van der Waals surface area contributed by atoms with Gasteiger partial charge in [-0.1, -0.05) is 37.1 Å². The van der Waals surface area contributed by atoms with Crippen molar-refractivity contribution in [3.63, 3.8) is 0 Å². The van der Waals surface area contributed by atoms with Gasteiger partial charge in [-0.3, -0.25) is 0 Å². The average Bonchev–Trinajstić information content (AvgIpc) is 2.68. The van der Waals surface area contributed by atoms with E-state index in [0.29, 0.717) is 0 Å². The summed E-state index contributed by atoms with van der Waals surface area (Å²) in [5.74, 6) is 0.512. The van der Waals surface area contributed by atoms with Crippen molar-refractivity contribution in [3.05, 3.63) is 23.8 Å². The van der Waals surface area contributed by atoms with Crippen molar-refractivity contribution in [1.29, 1.82) is 0 Å². The van der Waals surface area contributed by atoms with Crippen LogP contribution in [0, 0.1) is 11.8 Å². The first kappa shape index (κ1) is 20.7. The van der Waals surface area contributed by atoms with Gasteiger partial charge in [0.1, 0.15) is 0 Å². The summed E-state index contributed by atoms with van der Waals surface area (Å²) in [5, 5.41) is 10.6. The first-order valence-corrected chi connectivity index (χ1v) is 12.6. The smallest absolute Gasteiger partial charge is 0.184 e. The summed E-state index contributed by atoms with van der Waals surface area (Å²) in [4.78, 5) is 0. The van der Waals surface area contributed by atoms with Crippen LogP contribution in [0.25, 0.3) is 0 Å². The van der Waals surface area contributed by atoms with Gasteiger partial charge in [0.05, 0.1) is 11.2 Å². The topological polar surface area (TPSA) is 29.5 Å². The van der Waals surface area contributed by atoms with E-state index in [0.717, 1.165) is 19.3 Å². The lowest BCUT2D eigenvalue weighted by molar-refractivity contribution is -0.0227. The van der Waals surface area contributed by atoms with E-state index < -0.39 is 13.9 Å². The molecule has 0 radical (unpaired) electrons. The standard InChI is InChI=1S/C20H38O2Si/c1-9-10-11-16(2)12-13-18-17(19(3,4)21)14-15-20(18,5)22-23(6,7)8/h11-13,17-18,21H,9-10,14-15H2,1-8H3. The van der Waals surface area contributed by atoms with Crippen LogP contribution in [0.3, 0.4) is 0 Å². The zero-order valence-electron chi connectivity index (χ0n) is 16.6. The van der Waals surface area contributed by atoms with Crippen LogP contribution in [0.2, 0.25) is 19.6 Å². The van der Waals surface area contributed by atoms with Gasteiger partial charge in [0.15, 0.2) is 8.32 Å². The largest absolute Gasteiger partial charge is 0.412 e. The summed E-state index contributed by atoms with van der Waals surface area (Å²) in [6, 6.07) is 0. The molecular formula is C20H38O2Si. The van der Waals surface area contributed by atoms with Gasteiger partial charge in [-0.05, 0) is 72.5 Å². The predicted octanol–water partition coefficient (Wildman–Crippen LogP) is 5.70. The fourth-order valence-electron chi connectivity index (χ4n) is 3.86. The van der Waals surface area contributed by atoms with Crippen molar-refractivity contribution in [1.82, 2.24) is 0 Å². The molecule has 3 heteroatoms. The van der Waals surface area contributed by atoms with E-state index in [9.17, 15) is 5.11 Å². The van der Waals surface area contributed by atoms with Crippen molar-refractivity contribution < 1.29 is 9.53 Å². The zero-order valence-corrected chi connectivity index (χ0v) is 17.6. The fourth-order valence-corrected chi connectivity index (χ4v) is 5.50. The number of unbranched alkanes of at least 4 members (excludes halogenated alkanes) is 1. The van der Waals surface area contributed by atoms with E-state index in [-0.39, 0.29) is 17.4 Å². The highest BCUT2D eigenvalue weighted by Crippen LogP contribution is 2.49. The summed E-state index contributed by atoms with van der Waals surface area (Å²) in [7, 11) is -1.63. The van der Waals surface area contributed by atoms with Crippen LogP contribution in [-0.4, -0.2) is 24.6 Å². The molecule has 0 aromatic carbocycles. The second-order valence-corrected chi connectivity index (χ2v) is 13.4. The molecule has 1 fully saturated rings. The summed E-state index contributed by atoms with van der Waals surface area (Å²) < 4.78 is 6.59. The quantitative estimate of drug-likeness (QED) is 0.477. The van der Waals surface area contributed by atoms with Crippen LogP contribution < -0.4 is 0 Å². The SMILES string of the molecule is CCCC=C(C)C=CC1C(C(C)(C)O)CCC1(C)O[Si](C)(C)C. The minimum Gasteiger partial charge on any atom is -0.412 e. The van der Waals surface area contributed by atoms with Gasteiger partial charge in [0.25, 0.3) is 0 Å². The molecule has 1 aliphatic rings. The normalized spacial score (nSPS) is 30.4. The summed E-state index contributed by atoms with van der Waals surface area (Å²) in [5.41, 5.74) is 0.483. The molecule has 23 heavy (non-hydrogen) atoms. The summed E-state index contributed by atoms with van der Waals surface area (Å²) in [6.45, 7) is 17.3. The molecule has 0 aromatic rings. The number of hydrogen-bond acceptors (Lipinski definition) is 2. The monoisotopic (exact) mass is 338 g/mol. The third-order valence-electron chi connectivity index (χ3n) is 4.86. The van der Waals surface area contributed by atoms with Crippen LogP contribution >= 0.6 is 0 Å². The number of hydrogen-bond donors (Lipinski definition) is 1. The number of rotatable bonds is 7. The first-order chi connectivity index (χ1) is 10.4. The fraction of sp³-hybridized carbons (Fsp3) is 0.800. The van der Waals surface area contributed by atoms with Gasteiger partial charge in [-0.2, -0.15) is 0 Å². The van der Waals surface area contributed by atoms with Crippen LogP contribution in [0.1, 0.15) is 60.3 Å². The Labute approximate surface area is 145 Å². The molecule has 0 saturated heterocycles. The molecule has 0 amide bonds. The van der Waals surface area contributed by atoms with E-state index in [1.807, 2.05) is 13.8 Å². The molecule has 134 valence electrons. The predicted molar refractivity (Wildman–Crippen MR) is 103 cm³/mol. The molecule has 2 nitrogen and oxygen atoms in total. The van der Waals surface area contributed by atoms with E-state index in [1.54, 1.807) is 0 Å². The molecular weight excluding hydrogens is 300 g/mol. The molecule has 3 unspecified atom stereocenters. The van der Waals surface area contributed by atoms with Crippen LogP contribution in [0.5, 0.6) is 0 Å². The van der Waals surface area contributed by atoms with Gasteiger partial charge in [0.2, 0.25) is 0 Å². The molecule has 3 atom stereocenters. The molecule has 0 aliphatic heterocycles. The van der Waals surface area contributed by atoms with Crippen molar-refractivity contribution in [2.45, 2.75) is 91.1 Å². The molecule has 0 aromatic heterocycles. The first-order valence-electron chi connectivity index (χ1n) is 9.16. The molecule has 1 aliphatic carbocycles. The van der Waals surface area contributed by atoms with Crippen molar-refractivity contribution in [3.8, 4) is 0 Å². The molecule has 1 N–H and O–H groups in total. The zero-order chi connectivity index (χ0) is 17.9. The lowest BCUT2D eigenvalue weighted by Gasteiger charge is -2.40. The lowest BCUT2D eigenvalue weighted by Crippen LogP contribution is -2.46. The van der Waals surface area contributed by atoms with Crippen LogP contribution in [0.15, 0.2) is 23.8 Å². The van der Waals surface area contributed by atoms with Gasteiger partial charge in [0, 0.05) is 5.92 Å². The highest BCUT2D eigenvalue weighted by atomic mass is 28.4. The molecule has 0 spiro atoms. The van der Waals surface area contributed by atoms with Crippen LogP contribution in [-0.2, 0) is 4.43 Å². The Morgan fingerprint density at radius 2 is 1.96 bits per heavy atom. The van der Waals surface area contributed by atoms with E-state index >= 15 is 0 Å². The second-order valence-electron chi connectivity index (χ2n) is 8.95. The summed E-state index contributed by atoms with van der Waals surface area (Å²) in [6.07, 6.45) is 11.2. The van der Waals surface area contributed by atoms with E-state index in [1.165, 1.54) is 12.0 Å². The Morgan fingerprint density at radius 1 is 1.35 bits per heavy atom. The maximum Gasteiger partial charge on any atom is 0.184 e.